The molecule has 0 saturated heterocycles. The molecule has 148 valence electrons. The van der Waals surface area contributed by atoms with Gasteiger partial charge in [0.2, 0.25) is 5.91 Å². The summed E-state index contributed by atoms with van der Waals surface area (Å²) in [7, 11) is 0. The van der Waals surface area contributed by atoms with Crippen LogP contribution in [0.3, 0.4) is 0 Å². The van der Waals surface area contributed by atoms with E-state index in [1.807, 2.05) is 0 Å². The van der Waals surface area contributed by atoms with Gasteiger partial charge in [-0.15, -0.1) is 0 Å². The fourth-order valence-corrected chi connectivity index (χ4v) is 3.11. The quantitative estimate of drug-likeness (QED) is 0.317. The Morgan fingerprint density at radius 3 is 1.60 bits per heavy atom. The summed E-state index contributed by atoms with van der Waals surface area (Å²) in [6.07, 6.45) is 17.4. The average Bonchev–Trinajstić information content (AvgIpc) is 2.58. The number of unbranched alkanes of at least 4 members (excludes halogenated alkanes) is 12. The number of nitrogens with zero attached hydrogens (tertiary/aromatic N) is 1. The zero-order chi connectivity index (χ0) is 18.8. The summed E-state index contributed by atoms with van der Waals surface area (Å²) >= 11 is 0. The van der Waals surface area contributed by atoms with E-state index in [9.17, 15) is 9.59 Å². The van der Waals surface area contributed by atoms with E-state index in [1.54, 1.807) is 0 Å². The van der Waals surface area contributed by atoms with Gasteiger partial charge in [0.25, 0.3) is 0 Å². The smallest absolute Gasteiger partial charge is 0.323 e. The lowest BCUT2D eigenvalue weighted by Crippen LogP contribution is -2.36. The molecule has 1 amide bonds. The molecule has 0 aliphatic heterocycles. The fraction of sp³-hybridized carbons (Fsp3) is 0.905. The van der Waals surface area contributed by atoms with E-state index >= 15 is 0 Å². The van der Waals surface area contributed by atoms with Crippen LogP contribution in [0.25, 0.3) is 0 Å². The Kier molecular flexibility index (Phi) is 17.0. The highest BCUT2D eigenvalue weighted by molar-refractivity contribution is 5.81. The minimum Gasteiger partial charge on any atom is -0.480 e. The van der Waals surface area contributed by atoms with E-state index in [0.29, 0.717) is 13.0 Å². The predicted octanol–water partition coefficient (Wildman–Crippen LogP) is 5.79. The summed E-state index contributed by atoms with van der Waals surface area (Å²) in [6.45, 7) is 4.78. The Morgan fingerprint density at radius 2 is 1.12 bits per heavy atom. The lowest BCUT2D eigenvalue weighted by molar-refractivity contribution is -0.144. The van der Waals surface area contributed by atoms with Crippen LogP contribution in [0.1, 0.15) is 110 Å². The minimum atomic E-state index is -0.913. The number of carbonyl (C=O) groups excluding carboxylic acids is 1. The van der Waals surface area contributed by atoms with Crippen molar-refractivity contribution in [2.24, 2.45) is 0 Å². The summed E-state index contributed by atoms with van der Waals surface area (Å²) < 4.78 is 0. The maximum Gasteiger partial charge on any atom is 0.323 e. The Balaban J connectivity index is 3.65. The van der Waals surface area contributed by atoms with Gasteiger partial charge in [0.15, 0.2) is 0 Å². The molecule has 0 heterocycles. The number of carboxylic acids is 1. The lowest BCUT2D eigenvalue weighted by atomic mass is 10.1. The first-order valence-corrected chi connectivity index (χ1v) is 10.6. The molecule has 0 aromatic carbocycles. The number of carbonyl (C=O) groups is 2. The summed E-state index contributed by atoms with van der Waals surface area (Å²) in [5.74, 6) is -0.904. The van der Waals surface area contributed by atoms with E-state index in [2.05, 4.69) is 13.8 Å². The molecule has 4 nitrogen and oxygen atoms in total. The first-order chi connectivity index (χ1) is 12.1. The van der Waals surface area contributed by atoms with Gasteiger partial charge in [-0.05, 0) is 12.8 Å². The summed E-state index contributed by atoms with van der Waals surface area (Å²) in [5, 5.41) is 8.96. The van der Waals surface area contributed by atoms with Crippen LogP contribution in [0.4, 0.5) is 0 Å². The molecule has 0 saturated carbocycles. The van der Waals surface area contributed by atoms with Gasteiger partial charge in [-0.3, -0.25) is 9.59 Å². The van der Waals surface area contributed by atoms with E-state index in [-0.39, 0.29) is 12.5 Å². The van der Waals surface area contributed by atoms with Gasteiger partial charge < -0.3 is 10.0 Å². The van der Waals surface area contributed by atoms with Crippen molar-refractivity contribution in [2.45, 2.75) is 110 Å². The molecule has 0 fully saturated rings. The molecule has 0 rings (SSSR count). The first-order valence-electron chi connectivity index (χ1n) is 10.6. The molecule has 0 radical (unpaired) electrons. The molecule has 0 aromatic heterocycles. The average molecular weight is 356 g/mol. The maximum absolute atomic E-state index is 12.2. The topological polar surface area (TPSA) is 57.6 Å². The summed E-state index contributed by atoms with van der Waals surface area (Å²) in [4.78, 5) is 24.6. The van der Waals surface area contributed by atoms with Gasteiger partial charge >= 0.3 is 5.97 Å². The molecule has 25 heavy (non-hydrogen) atoms. The number of hydrogen-bond donors (Lipinski definition) is 1. The van der Waals surface area contributed by atoms with Crippen molar-refractivity contribution in [3.63, 3.8) is 0 Å². The zero-order valence-electron chi connectivity index (χ0n) is 16.7. The Hall–Kier alpha value is -1.06. The van der Waals surface area contributed by atoms with E-state index in [4.69, 9.17) is 5.11 Å². The molecule has 0 aliphatic carbocycles. The van der Waals surface area contributed by atoms with Crippen molar-refractivity contribution in [3.05, 3.63) is 0 Å². The van der Waals surface area contributed by atoms with Crippen LogP contribution in [0.2, 0.25) is 0 Å². The molecule has 0 spiro atoms. The monoisotopic (exact) mass is 355 g/mol. The third-order valence-electron chi connectivity index (χ3n) is 4.70. The van der Waals surface area contributed by atoms with Crippen molar-refractivity contribution >= 4 is 11.9 Å². The fourth-order valence-electron chi connectivity index (χ4n) is 3.11. The standard InChI is InChI=1S/C21H41NO3/c1-3-5-7-8-9-10-11-12-13-14-15-17-20(23)22(19-21(24)25)18-16-6-4-2/h3-19H2,1-2H3,(H,24,25). The van der Waals surface area contributed by atoms with E-state index in [0.717, 1.165) is 32.1 Å². The second-order valence-corrected chi connectivity index (χ2v) is 7.20. The Bertz CT molecular complexity index is 331. The SMILES string of the molecule is CCCCCCCCCCCCCC(=O)N(CCCCC)CC(=O)O. The van der Waals surface area contributed by atoms with E-state index < -0.39 is 5.97 Å². The van der Waals surface area contributed by atoms with Crippen LogP contribution < -0.4 is 0 Å². The number of amides is 1. The lowest BCUT2D eigenvalue weighted by Gasteiger charge is -2.20. The highest BCUT2D eigenvalue weighted by Gasteiger charge is 2.15. The van der Waals surface area contributed by atoms with Crippen molar-refractivity contribution in [2.75, 3.05) is 13.1 Å². The van der Waals surface area contributed by atoms with Crippen molar-refractivity contribution in [1.82, 2.24) is 4.90 Å². The number of aliphatic carboxylic acids is 1. The normalized spacial score (nSPS) is 10.8. The summed E-state index contributed by atoms with van der Waals surface area (Å²) in [5.41, 5.74) is 0. The molecular weight excluding hydrogens is 314 g/mol. The second kappa shape index (κ2) is 17.8. The Labute approximate surface area is 155 Å². The third kappa shape index (κ3) is 16.2. The predicted molar refractivity (Wildman–Crippen MR) is 105 cm³/mol. The van der Waals surface area contributed by atoms with Crippen LogP contribution >= 0.6 is 0 Å². The van der Waals surface area contributed by atoms with Gasteiger partial charge in [0, 0.05) is 13.0 Å². The van der Waals surface area contributed by atoms with Crippen molar-refractivity contribution in [1.29, 1.82) is 0 Å². The second-order valence-electron chi connectivity index (χ2n) is 7.20. The number of rotatable bonds is 18. The minimum absolute atomic E-state index is 0.00873. The molecule has 0 atom stereocenters. The molecule has 0 unspecified atom stereocenters. The van der Waals surface area contributed by atoms with Gasteiger partial charge in [0.1, 0.15) is 6.54 Å². The van der Waals surface area contributed by atoms with Crippen LogP contribution in [0.15, 0.2) is 0 Å². The highest BCUT2D eigenvalue weighted by Crippen LogP contribution is 2.12. The zero-order valence-corrected chi connectivity index (χ0v) is 16.7. The highest BCUT2D eigenvalue weighted by atomic mass is 16.4. The maximum atomic E-state index is 12.2. The van der Waals surface area contributed by atoms with Gasteiger partial charge in [-0.2, -0.15) is 0 Å². The van der Waals surface area contributed by atoms with Crippen LogP contribution in [-0.2, 0) is 9.59 Å². The molecular formula is C21H41NO3. The van der Waals surface area contributed by atoms with Crippen LogP contribution in [0, 0.1) is 0 Å². The first kappa shape index (κ1) is 23.9. The molecule has 0 aliphatic rings. The third-order valence-corrected chi connectivity index (χ3v) is 4.70. The van der Waals surface area contributed by atoms with Crippen molar-refractivity contribution < 1.29 is 14.7 Å². The molecule has 4 heteroatoms. The molecule has 1 N–H and O–H groups in total. The van der Waals surface area contributed by atoms with E-state index in [1.165, 1.54) is 62.7 Å². The largest absolute Gasteiger partial charge is 0.480 e. The number of carboxylic acid groups (broad SMARTS) is 1. The van der Waals surface area contributed by atoms with Crippen molar-refractivity contribution in [3.8, 4) is 0 Å². The summed E-state index contributed by atoms with van der Waals surface area (Å²) in [6, 6.07) is 0. The van der Waals surface area contributed by atoms with Gasteiger partial charge in [-0.25, -0.2) is 0 Å². The number of hydrogen-bond acceptors (Lipinski definition) is 2. The van der Waals surface area contributed by atoms with Crippen LogP contribution in [-0.4, -0.2) is 35.0 Å². The molecule has 0 bridgehead atoms. The van der Waals surface area contributed by atoms with Gasteiger partial charge in [0.05, 0.1) is 0 Å². The molecule has 0 aromatic rings. The van der Waals surface area contributed by atoms with Gasteiger partial charge in [-0.1, -0.05) is 90.9 Å². The Morgan fingerprint density at radius 1 is 0.680 bits per heavy atom. The van der Waals surface area contributed by atoms with Crippen LogP contribution in [0.5, 0.6) is 0 Å².